The van der Waals surface area contributed by atoms with Gasteiger partial charge < -0.3 is 10.1 Å². The van der Waals surface area contributed by atoms with Crippen LogP contribution in [-0.4, -0.2) is 24.8 Å². The van der Waals surface area contributed by atoms with E-state index in [1.54, 1.807) is 0 Å². The molecule has 1 N–H and O–H groups in total. The van der Waals surface area contributed by atoms with Gasteiger partial charge in [-0.25, -0.2) is 0 Å². The third kappa shape index (κ3) is 1.89. The van der Waals surface area contributed by atoms with Gasteiger partial charge in [0.15, 0.2) is 0 Å². The second kappa shape index (κ2) is 3.25. The summed E-state index contributed by atoms with van der Waals surface area (Å²) in [7, 11) is 2.05. The molecule has 2 aliphatic heterocycles. The zero-order valence-corrected chi connectivity index (χ0v) is 8.97. The maximum atomic E-state index is 5.85. The van der Waals surface area contributed by atoms with Gasteiger partial charge in [0.05, 0.1) is 12.2 Å². The summed E-state index contributed by atoms with van der Waals surface area (Å²) in [6.07, 6.45) is 6.34. The SMILES string of the molecule is CNC(C)(C)CC1CC2CCC1O2. The highest BCUT2D eigenvalue weighted by Crippen LogP contribution is 2.42. The summed E-state index contributed by atoms with van der Waals surface area (Å²) < 4.78 is 5.85. The maximum absolute atomic E-state index is 5.85. The van der Waals surface area contributed by atoms with Crippen molar-refractivity contribution in [2.45, 2.75) is 57.3 Å². The third-order valence-electron chi connectivity index (χ3n) is 3.68. The predicted octanol–water partition coefficient (Wildman–Crippen LogP) is 1.94. The molecule has 2 nitrogen and oxygen atoms in total. The van der Waals surface area contributed by atoms with Crippen LogP contribution in [0.3, 0.4) is 0 Å². The van der Waals surface area contributed by atoms with Gasteiger partial charge in [0.25, 0.3) is 0 Å². The van der Waals surface area contributed by atoms with Gasteiger partial charge in [-0.05, 0) is 52.5 Å². The molecule has 3 unspecified atom stereocenters. The lowest BCUT2D eigenvalue weighted by molar-refractivity contribution is 0.0868. The quantitative estimate of drug-likeness (QED) is 0.722. The Balaban J connectivity index is 1.89. The number of nitrogens with one attached hydrogen (secondary N) is 1. The molecule has 2 heterocycles. The summed E-state index contributed by atoms with van der Waals surface area (Å²) in [5, 5.41) is 3.37. The largest absolute Gasteiger partial charge is 0.375 e. The first kappa shape index (κ1) is 9.47. The van der Waals surface area contributed by atoms with E-state index in [0.29, 0.717) is 12.2 Å². The molecule has 2 fully saturated rings. The average Bonchev–Trinajstić information content (AvgIpc) is 2.64. The number of ether oxygens (including phenoxy) is 1. The van der Waals surface area contributed by atoms with E-state index in [1.807, 2.05) is 7.05 Å². The fourth-order valence-corrected chi connectivity index (χ4v) is 2.72. The van der Waals surface area contributed by atoms with E-state index in [-0.39, 0.29) is 5.54 Å². The Morgan fingerprint density at radius 1 is 1.38 bits per heavy atom. The van der Waals surface area contributed by atoms with E-state index in [2.05, 4.69) is 19.2 Å². The first-order valence-corrected chi connectivity index (χ1v) is 5.45. The molecule has 0 aromatic heterocycles. The molecule has 0 saturated carbocycles. The topological polar surface area (TPSA) is 21.3 Å². The highest BCUT2D eigenvalue weighted by Gasteiger charge is 2.42. The van der Waals surface area contributed by atoms with E-state index < -0.39 is 0 Å². The maximum Gasteiger partial charge on any atom is 0.0609 e. The number of hydrogen-bond donors (Lipinski definition) is 1. The highest BCUT2D eigenvalue weighted by atomic mass is 16.5. The van der Waals surface area contributed by atoms with E-state index in [9.17, 15) is 0 Å². The van der Waals surface area contributed by atoms with Crippen LogP contribution in [0.2, 0.25) is 0 Å². The van der Waals surface area contributed by atoms with Crippen molar-refractivity contribution < 1.29 is 4.74 Å². The van der Waals surface area contributed by atoms with Gasteiger partial charge >= 0.3 is 0 Å². The van der Waals surface area contributed by atoms with Crippen LogP contribution in [0, 0.1) is 5.92 Å². The van der Waals surface area contributed by atoms with Crippen LogP contribution >= 0.6 is 0 Å². The second-order valence-corrected chi connectivity index (χ2v) is 5.21. The van der Waals surface area contributed by atoms with Gasteiger partial charge in [-0.1, -0.05) is 0 Å². The van der Waals surface area contributed by atoms with Crippen molar-refractivity contribution in [1.29, 1.82) is 0 Å². The number of rotatable bonds is 3. The molecule has 0 spiro atoms. The van der Waals surface area contributed by atoms with E-state index in [4.69, 9.17) is 4.74 Å². The summed E-state index contributed by atoms with van der Waals surface area (Å²) in [4.78, 5) is 0. The van der Waals surface area contributed by atoms with Crippen molar-refractivity contribution in [3.8, 4) is 0 Å². The molecular formula is C11H21NO. The van der Waals surface area contributed by atoms with Crippen molar-refractivity contribution in [3.63, 3.8) is 0 Å². The Hall–Kier alpha value is -0.0800. The van der Waals surface area contributed by atoms with Crippen LogP contribution in [0.15, 0.2) is 0 Å². The number of fused-ring (bicyclic) bond motifs is 2. The minimum atomic E-state index is 0.276. The van der Waals surface area contributed by atoms with Crippen LogP contribution < -0.4 is 5.32 Å². The van der Waals surface area contributed by atoms with Gasteiger partial charge in [-0.15, -0.1) is 0 Å². The number of hydrogen-bond acceptors (Lipinski definition) is 2. The lowest BCUT2D eigenvalue weighted by atomic mass is 9.81. The van der Waals surface area contributed by atoms with Crippen LogP contribution in [0.1, 0.15) is 39.5 Å². The first-order valence-electron chi connectivity index (χ1n) is 5.45. The molecule has 3 atom stereocenters. The van der Waals surface area contributed by atoms with Crippen LogP contribution in [0.25, 0.3) is 0 Å². The van der Waals surface area contributed by atoms with Gasteiger partial charge in [0.2, 0.25) is 0 Å². The first-order chi connectivity index (χ1) is 6.11. The molecule has 2 bridgehead atoms. The predicted molar refractivity (Wildman–Crippen MR) is 53.8 cm³/mol. The normalized spacial score (nSPS) is 38.5. The minimum Gasteiger partial charge on any atom is -0.375 e. The van der Waals surface area contributed by atoms with Crippen molar-refractivity contribution >= 4 is 0 Å². The molecule has 76 valence electrons. The van der Waals surface area contributed by atoms with Crippen molar-refractivity contribution in [2.75, 3.05) is 7.05 Å². The van der Waals surface area contributed by atoms with Crippen molar-refractivity contribution in [3.05, 3.63) is 0 Å². The Bertz CT molecular complexity index is 191. The molecule has 13 heavy (non-hydrogen) atoms. The van der Waals surface area contributed by atoms with Crippen molar-refractivity contribution in [2.24, 2.45) is 5.92 Å². The summed E-state index contributed by atoms with van der Waals surface area (Å²) >= 11 is 0. The smallest absolute Gasteiger partial charge is 0.0609 e. The summed E-state index contributed by atoms with van der Waals surface area (Å²) in [5.74, 6) is 0.807. The van der Waals surface area contributed by atoms with E-state index >= 15 is 0 Å². The van der Waals surface area contributed by atoms with E-state index in [1.165, 1.54) is 25.7 Å². The van der Waals surface area contributed by atoms with Gasteiger partial charge in [-0.2, -0.15) is 0 Å². The minimum absolute atomic E-state index is 0.276. The third-order valence-corrected chi connectivity index (χ3v) is 3.68. The standard InChI is InChI=1S/C11H21NO/c1-11(2,12-3)7-8-6-9-4-5-10(8)13-9/h8-10,12H,4-7H2,1-3H3. The highest BCUT2D eigenvalue weighted by molar-refractivity contribution is 4.93. The van der Waals surface area contributed by atoms with Crippen LogP contribution in [0.5, 0.6) is 0 Å². The van der Waals surface area contributed by atoms with E-state index in [0.717, 1.165) is 5.92 Å². The lowest BCUT2D eigenvalue weighted by Gasteiger charge is -2.30. The van der Waals surface area contributed by atoms with Gasteiger partial charge in [0, 0.05) is 5.54 Å². The zero-order chi connectivity index (χ0) is 9.47. The summed E-state index contributed by atoms with van der Waals surface area (Å²) in [6, 6.07) is 0. The molecule has 0 amide bonds. The van der Waals surface area contributed by atoms with Crippen molar-refractivity contribution in [1.82, 2.24) is 5.32 Å². The van der Waals surface area contributed by atoms with Gasteiger partial charge in [-0.3, -0.25) is 0 Å². The molecule has 2 heteroatoms. The second-order valence-electron chi connectivity index (χ2n) is 5.21. The Morgan fingerprint density at radius 3 is 2.62 bits per heavy atom. The summed E-state index contributed by atoms with van der Waals surface area (Å²) in [6.45, 7) is 4.55. The molecule has 2 aliphatic rings. The lowest BCUT2D eigenvalue weighted by Crippen LogP contribution is -2.39. The van der Waals surface area contributed by atoms with Crippen LogP contribution in [-0.2, 0) is 4.74 Å². The fourth-order valence-electron chi connectivity index (χ4n) is 2.72. The Kier molecular flexibility index (Phi) is 2.37. The van der Waals surface area contributed by atoms with Gasteiger partial charge in [0.1, 0.15) is 0 Å². The Morgan fingerprint density at radius 2 is 2.15 bits per heavy atom. The molecule has 0 aromatic carbocycles. The molecule has 2 rings (SSSR count). The monoisotopic (exact) mass is 183 g/mol. The Labute approximate surface area is 81.0 Å². The molecule has 2 saturated heterocycles. The summed E-state index contributed by atoms with van der Waals surface area (Å²) in [5.41, 5.74) is 0.276. The average molecular weight is 183 g/mol. The molecular weight excluding hydrogens is 162 g/mol. The molecule has 0 aromatic rings. The molecule has 0 radical (unpaired) electrons. The molecule has 0 aliphatic carbocycles. The fraction of sp³-hybridized carbons (Fsp3) is 1.00. The van der Waals surface area contributed by atoms with Crippen LogP contribution in [0.4, 0.5) is 0 Å². The zero-order valence-electron chi connectivity index (χ0n) is 8.97.